The molecule has 2 rings (SSSR count). The predicted molar refractivity (Wildman–Crippen MR) is 71.0 cm³/mol. The van der Waals surface area contributed by atoms with Crippen LogP contribution in [0.15, 0.2) is 22.6 Å². The smallest absolute Gasteiger partial charge is 0.248 e. The molecule has 0 aliphatic rings. The molecule has 0 saturated carbocycles. The van der Waals surface area contributed by atoms with E-state index in [0.717, 1.165) is 5.56 Å². The molecule has 19 heavy (non-hydrogen) atoms. The fraction of sp³-hybridized carbons (Fsp3) is 0.429. The highest BCUT2D eigenvalue weighted by molar-refractivity contribution is 5.57. The fourth-order valence-corrected chi connectivity index (χ4v) is 1.60. The summed E-state index contributed by atoms with van der Waals surface area (Å²) in [5.74, 6) is 0.532. The lowest BCUT2D eigenvalue weighted by Gasteiger charge is -2.18. The maximum absolute atomic E-state index is 13.2. The molecule has 1 aromatic heterocycles. The molecular formula is C14H18FN3O. The van der Waals surface area contributed by atoms with Crippen LogP contribution in [0.25, 0.3) is 11.5 Å². The summed E-state index contributed by atoms with van der Waals surface area (Å²) in [6.45, 7) is 8.54. The van der Waals surface area contributed by atoms with Crippen LogP contribution < -0.4 is 5.32 Å². The molecule has 5 heteroatoms. The quantitative estimate of drug-likeness (QED) is 0.924. The first-order valence-electron chi connectivity index (χ1n) is 6.19. The number of nitrogens with one attached hydrogen (secondary N) is 1. The summed E-state index contributed by atoms with van der Waals surface area (Å²) in [7, 11) is 0. The van der Waals surface area contributed by atoms with Gasteiger partial charge in [-0.3, -0.25) is 0 Å². The maximum atomic E-state index is 13.2. The Morgan fingerprint density at radius 1 is 1.26 bits per heavy atom. The third kappa shape index (κ3) is 3.61. The summed E-state index contributed by atoms with van der Waals surface area (Å²) >= 11 is 0. The van der Waals surface area contributed by atoms with Gasteiger partial charge in [-0.25, -0.2) is 4.39 Å². The Morgan fingerprint density at radius 2 is 2.00 bits per heavy atom. The zero-order valence-electron chi connectivity index (χ0n) is 11.6. The summed E-state index contributed by atoms with van der Waals surface area (Å²) in [5.41, 5.74) is 1.51. The Morgan fingerprint density at radius 3 is 2.68 bits per heavy atom. The highest BCUT2D eigenvalue weighted by Crippen LogP contribution is 2.23. The molecule has 0 saturated heterocycles. The molecule has 1 N–H and O–H groups in total. The minimum Gasteiger partial charge on any atom is -0.419 e. The van der Waals surface area contributed by atoms with E-state index in [1.54, 1.807) is 6.07 Å². The second-order valence-corrected chi connectivity index (χ2v) is 5.56. The van der Waals surface area contributed by atoms with Crippen LogP contribution in [0.2, 0.25) is 0 Å². The van der Waals surface area contributed by atoms with Crippen LogP contribution >= 0.6 is 0 Å². The molecule has 0 radical (unpaired) electrons. The summed E-state index contributed by atoms with van der Waals surface area (Å²) in [6.07, 6.45) is 0. The van der Waals surface area contributed by atoms with E-state index in [1.165, 1.54) is 12.1 Å². The number of halogens is 1. The van der Waals surface area contributed by atoms with Gasteiger partial charge in [-0.1, -0.05) is 6.07 Å². The van der Waals surface area contributed by atoms with Crippen molar-refractivity contribution >= 4 is 0 Å². The van der Waals surface area contributed by atoms with E-state index < -0.39 is 0 Å². The van der Waals surface area contributed by atoms with Gasteiger partial charge in [0, 0.05) is 11.1 Å². The van der Waals surface area contributed by atoms with Crippen molar-refractivity contribution in [2.75, 3.05) is 0 Å². The van der Waals surface area contributed by atoms with Gasteiger partial charge < -0.3 is 9.73 Å². The van der Waals surface area contributed by atoms with E-state index in [9.17, 15) is 4.39 Å². The first kappa shape index (κ1) is 13.7. The lowest BCUT2D eigenvalue weighted by atomic mass is 10.1. The van der Waals surface area contributed by atoms with E-state index in [0.29, 0.717) is 23.9 Å². The molecule has 0 bridgehead atoms. The standard InChI is InChI=1S/C14H18FN3O/c1-9-5-6-10(15)7-11(9)13-18-17-12(19-13)8-16-14(2,3)4/h5-7,16H,8H2,1-4H3. The lowest BCUT2D eigenvalue weighted by Crippen LogP contribution is -2.35. The van der Waals surface area contributed by atoms with E-state index in [4.69, 9.17) is 4.42 Å². The van der Waals surface area contributed by atoms with Crippen molar-refractivity contribution in [1.29, 1.82) is 0 Å². The van der Waals surface area contributed by atoms with Crippen molar-refractivity contribution < 1.29 is 8.81 Å². The summed E-state index contributed by atoms with van der Waals surface area (Å²) in [5, 5.41) is 11.2. The maximum Gasteiger partial charge on any atom is 0.248 e. The molecule has 0 atom stereocenters. The van der Waals surface area contributed by atoms with Crippen LogP contribution in [-0.4, -0.2) is 15.7 Å². The largest absolute Gasteiger partial charge is 0.419 e. The predicted octanol–water partition coefficient (Wildman–Crippen LogP) is 3.07. The van der Waals surface area contributed by atoms with Crippen molar-refractivity contribution in [3.8, 4) is 11.5 Å². The van der Waals surface area contributed by atoms with Gasteiger partial charge in [-0.15, -0.1) is 10.2 Å². The first-order valence-corrected chi connectivity index (χ1v) is 6.19. The van der Waals surface area contributed by atoms with Crippen molar-refractivity contribution in [2.45, 2.75) is 39.8 Å². The molecule has 2 aromatic rings. The number of rotatable bonds is 3. The van der Waals surface area contributed by atoms with Gasteiger partial charge in [0.2, 0.25) is 11.8 Å². The minimum absolute atomic E-state index is 0.0244. The van der Waals surface area contributed by atoms with Crippen LogP contribution in [0.3, 0.4) is 0 Å². The van der Waals surface area contributed by atoms with Gasteiger partial charge >= 0.3 is 0 Å². The number of hydrogen-bond donors (Lipinski definition) is 1. The average molecular weight is 263 g/mol. The van der Waals surface area contributed by atoms with Crippen molar-refractivity contribution in [3.05, 3.63) is 35.5 Å². The van der Waals surface area contributed by atoms with Gasteiger partial charge in [0.15, 0.2) is 0 Å². The van der Waals surface area contributed by atoms with Crippen LogP contribution in [0.5, 0.6) is 0 Å². The number of hydrogen-bond acceptors (Lipinski definition) is 4. The number of nitrogens with zero attached hydrogens (tertiary/aromatic N) is 2. The van der Waals surface area contributed by atoms with Gasteiger partial charge in [0.1, 0.15) is 5.82 Å². The van der Waals surface area contributed by atoms with Crippen LogP contribution in [-0.2, 0) is 6.54 Å². The molecule has 0 aliphatic carbocycles. The highest BCUT2D eigenvalue weighted by atomic mass is 19.1. The Kier molecular flexibility index (Phi) is 3.66. The monoisotopic (exact) mass is 263 g/mol. The Bertz CT molecular complexity index is 572. The second-order valence-electron chi connectivity index (χ2n) is 5.56. The number of benzene rings is 1. The summed E-state index contributed by atoms with van der Waals surface area (Å²) < 4.78 is 18.8. The SMILES string of the molecule is Cc1ccc(F)cc1-c1nnc(CNC(C)(C)C)o1. The highest BCUT2D eigenvalue weighted by Gasteiger charge is 2.14. The Hall–Kier alpha value is -1.75. The molecule has 1 aromatic carbocycles. The molecule has 0 fully saturated rings. The summed E-state index contributed by atoms with van der Waals surface area (Å²) in [4.78, 5) is 0. The lowest BCUT2D eigenvalue weighted by molar-refractivity contribution is 0.383. The normalized spacial score (nSPS) is 11.8. The summed E-state index contributed by atoms with van der Waals surface area (Å²) in [6, 6.07) is 4.52. The van der Waals surface area contributed by atoms with Crippen LogP contribution in [0.1, 0.15) is 32.2 Å². The molecule has 0 aliphatic heterocycles. The minimum atomic E-state index is -0.312. The first-order chi connectivity index (χ1) is 8.85. The number of aromatic nitrogens is 2. The molecule has 1 heterocycles. The molecule has 102 valence electrons. The molecule has 0 amide bonds. The van der Waals surface area contributed by atoms with Gasteiger partial charge in [0.25, 0.3) is 0 Å². The molecule has 0 spiro atoms. The Labute approximate surface area is 112 Å². The molecule has 0 unspecified atom stereocenters. The third-order valence-electron chi connectivity index (χ3n) is 2.67. The topological polar surface area (TPSA) is 51.0 Å². The van der Waals surface area contributed by atoms with Gasteiger partial charge in [-0.2, -0.15) is 0 Å². The van der Waals surface area contributed by atoms with E-state index in [-0.39, 0.29) is 11.4 Å². The van der Waals surface area contributed by atoms with E-state index in [2.05, 4.69) is 36.3 Å². The van der Waals surface area contributed by atoms with E-state index >= 15 is 0 Å². The zero-order valence-corrected chi connectivity index (χ0v) is 11.6. The Balaban J connectivity index is 2.19. The van der Waals surface area contributed by atoms with E-state index in [1.807, 2.05) is 6.92 Å². The van der Waals surface area contributed by atoms with Gasteiger partial charge in [0.05, 0.1) is 6.54 Å². The fourth-order valence-electron chi connectivity index (χ4n) is 1.60. The van der Waals surface area contributed by atoms with Crippen LogP contribution in [0, 0.1) is 12.7 Å². The number of aryl methyl sites for hydroxylation is 1. The molecular weight excluding hydrogens is 245 g/mol. The second kappa shape index (κ2) is 5.09. The van der Waals surface area contributed by atoms with Crippen molar-refractivity contribution in [3.63, 3.8) is 0 Å². The van der Waals surface area contributed by atoms with Crippen molar-refractivity contribution in [2.24, 2.45) is 0 Å². The zero-order chi connectivity index (χ0) is 14.0. The molecule has 4 nitrogen and oxygen atoms in total. The van der Waals surface area contributed by atoms with Gasteiger partial charge in [-0.05, 0) is 45.4 Å². The third-order valence-corrected chi connectivity index (χ3v) is 2.67. The van der Waals surface area contributed by atoms with Crippen LogP contribution in [0.4, 0.5) is 4.39 Å². The van der Waals surface area contributed by atoms with Crippen molar-refractivity contribution in [1.82, 2.24) is 15.5 Å². The average Bonchev–Trinajstić information content (AvgIpc) is 2.77.